The highest BCUT2D eigenvalue weighted by molar-refractivity contribution is 6.34. The Morgan fingerprint density at radius 2 is 2.03 bits per heavy atom. The molecule has 5 rings (SSSR count). The van der Waals surface area contributed by atoms with Gasteiger partial charge < -0.3 is 15.1 Å². The third kappa shape index (κ3) is 2.70. The second-order valence-electron chi connectivity index (χ2n) is 7.82. The van der Waals surface area contributed by atoms with Gasteiger partial charge in [0, 0.05) is 39.5 Å². The molecule has 4 aromatic rings. The standard InChI is InChI=1S/C24H20ClN3O2/c1-12(2)18-20(19-14-5-3-4-13(14)6-7-17(19)25)22(24(29)30)28-21(18)15-8-10-26-23-16(15)9-11-27-23/h3,5-12,28H,4H2,1-2H3,(H,26,27)(H,29,30). The number of rotatable bonds is 4. The van der Waals surface area contributed by atoms with Gasteiger partial charge in [0.15, 0.2) is 0 Å². The van der Waals surface area contributed by atoms with Gasteiger partial charge in [-0.25, -0.2) is 9.78 Å². The topological polar surface area (TPSA) is 81.8 Å². The Labute approximate surface area is 178 Å². The minimum atomic E-state index is -1.01. The number of hydrogen-bond donors (Lipinski definition) is 3. The summed E-state index contributed by atoms with van der Waals surface area (Å²) in [4.78, 5) is 23.0. The lowest BCUT2D eigenvalue weighted by atomic mass is 9.88. The predicted molar refractivity (Wildman–Crippen MR) is 120 cm³/mol. The van der Waals surface area contributed by atoms with E-state index in [0.29, 0.717) is 10.6 Å². The summed E-state index contributed by atoms with van der Waals surface area (Å²) in [6.45, 7) is 4.15. The van der Waals surface area contributed by atoms with Crippen LogP contribution >= 0.6 is 11.6 Å². The number of halogens is 1. The van der Waals surface area contributed by atoms with Gasteiger partial charge in [0.25, 0.3) is 0 Å². The molecule has 5 nitrogen and oxygen atoms in total. The van der Waals surface area contributed by atoms with Gasteiger partial charge in [0.05, 0.1) is 5.69 Å². The monoisotopic (exact) mass is 417 g/mol. The highest BCUT2D eigenvalue weighted by Crippen LogP contribution is 2.46. The zero-order valence-corrected chi connectivity index (χ0v) is 17.3. The van der Waals surface area contributed by atoms with E-state index in [-0.39, 0.29) is 11.6 Å². The molecule has 1 aliphatic rings. The van der Waals surface area contributed by atoms with E-state index in [4.69, 9.17) is 11.6 Å². The molecule has 0 spiro atoms. The van der Waals surface area contributed by atoms with E-state index >= 15 is 0 Å². The summed E-state index contributed by atoms with van der Waals surface area (Å²) in [5.74, 6) is -0.938. The molecule has 30 heavy (non-hydrogen) atoms. The van der Waals surface area contributed by atoms with Crippen LogP contribution in [0.4, 0.5) is 0 Å². The van der Waals surface area contributed by atoms with Crippen LogP contribution in [0.2, 0.25) is 5.02 Å². The number of nitrogens with one attached hydrogen (secondary N) is 2. The van der Waals surface area contributed by atoms with Crippen molar-refractivity contribution in [2.24, 2.45) is 0 Å². The largest absolute Gasteiger partial charge is 0.477 e. The highest BCUT2D eigenvalue weighted by atomic mass is 35.5. The van der Waals surface area contributed by atoms with Gasteiger partial charge in [-0.1, -0.05) is 43.7 Å². The zero-order chi connectivity index (χ0) is 21.0. The van der Waals surface area contributed by atoms with Crippen LogP contribution < -0.4 is 0 Å². The predicted octanol–water partition coefficient (Wildman–Crippen LogP) is 6.27. The number of aromatic nitrogens is 3. The molecule has 6 heteroatoms. The number of allylic oxidation sites excluding steroid dienone is 1. The average molecular weight is 418 g/mol. The first-order valence-electron chi connectivity index (χ1n) is 9.87. The van der Waals surface area contributed by atoms with Crippen molar-refractivity contribution in [1.29, 1.82) is 0 Å². The summed E-state index contributed by atoms with van der Waals surface area (Å²) in [6.07, 6.45) is 8.51. The van der Waals surface area contributed by atoms with Crippen LogP contribution in [0.5, 0.6) is 0 Å². The minimum Gasteiger partial charge on any atom is -0.477 e. The number of aromatic amines is 2. The Hall–Kier alpha value is -3.31. The van der Waals surface area contributed by atoms with E-state index in [0.717, 1.165) is 51.0 Å². The maximum atomic E-state index is 12.3. The van der Waals surface area contributed by atoms with Gasteiger partial charge in [-0.3, -0.25) is 0 Å². The van der Waals surface area contributed by atoms with Crippen molar-refractivity contribution in [2.75, 3.05) is 0 Å². The van der Waals surface area contributed by atoms with Crippen molar-refractivity contribution in [3.63, 3.8) is 0 Å². The van der Waals surface area contributed by atoms with Crippen molar-refractivity contribution in [1.82, 2.24) is 15.0 Å². The third-order valence-corrected chi connectivity index (χ3v) is 6.03. The molecule has 3 N–H and O–H groups in total. The number of carboxylic acids is 1. The Morgan fingerprint density at radius 3 is 2.80 bits per heavy atom. The number of fused-ring (bicyclic) bond motifs is 2. The molecule has 0 saturated heterocycles. The van der Waals surface area contributed by atoms with Crippen molar-refractivity contribution in [2.45, 2.75) is 26.2 Å². The van der Waals surface area contributed by atoms with E-state index in [1.54, 1.807) is 6.20 Å². The summed E-state index contributed by atoms with van der Waals surface area (Å²) in [5, 5.41) is 11.6. The average Bonchev–Trinajstić information content (AvgIpc) is 3.44. The molecule has 1 aromatic carbocycles. The maximum Gasteiger partial charge on any atom is 0.352 e. The summed E-state index contributed by atoms with van der Waals surface area (Å²) >= 11 is 6.67. The lowest BCUT2D eigenvalue weighted by molar-refractivity contribution is 0.0692. The van der Waals surface area contributed by atoms with E-state index in [1.165, 1.54) is 0 Å². The second kappa shape index (κ2) is 6.89. The maximum absolute atomic E-state index is 12.3. The molecule has 0 bridgehead atoms. The fraction of sp³-hybridized carbons (Fsp3) is 0.167. The first kappa shape index (κ1) is 18.7. The molecule has 0 atom stereocenters. The van der Waals surface area contributed by atoms with Crippen LogP contribution in [0.15, 0.2) is 42.7 Å². The normalized spacial score (nSPS) is 12.8. The Balaban J connectivity index is 1.90. The number of hydrogen-bond acceptors (Lipinski definition) is 2. The molecule has 1 aliphatic carbocycles. The molecule has 0 aliphatic heterocycles. The third-order valence-electron chi connectivity index (χ3n) is 5.72. The molecule has 0 unspecified atom stereocenters. The van der Waals surface area contributed by atoms with Crippen molar-refractivity contribution < 1.29 is 9.90 Å². The molecule has 0 amide bonds. The smallest absolute Gasteiger partial charge is 0.352 e. The van der Waals surface area contributed by atoms with Gasteiger partial charge in [0.2, 0.25) is 0 Å². The van der Waals surface area contributed by atoms with E-state index in [1.807, 2.05) is 36.5 Å². The summed E-state index contributed by atoms with van der Waals surface area (Å²) < 4.78 is 0. The molecule has 0 radical (unpaired) electrons. The number of carbonyl (C=O) groups is 1. The number of pyridine rings is 1. The lowest BCUT2D eigenvalue weighted by Crippen LogP contribution is -2.02. The molecular formula is C24H20ClN3O2. The van der Waals surface area contributed by atoms with Crippen LogP contribution in [-0.4, -0.2) is 26.0 Å². The second-order valence-corrected chi connectivity index (χ2v) is 8.23. The molecule has 3 heterocycles. The first-order chi connectivity index (χ1) is 14.5. The van der Waals surface area contributed by atoms with Crippen molar-refractivity contribution in [3.8, 4) is 22.4 Å². The Kier molecular flexibility index (Phi) is 4.29. The van der Waals surface area contributed by atoms with E-state index < -0.39 is 5.97 Å². The Morgan fingerprint density at radius 1 is 1.20 bits per heavy atom. The van der Waals surface area contributed by atoms with Crippen LogP contribution in [-0.2, 0) is 6.42 Å². The van der Waals surface area contributed by atoms with Gasteiger partial charge >= 0.3 is 5.97 Å². The van der Waals surface area contributed by atoms with Crippen molar-refractivity contribution in [3.05, 3.63) is 70.1 Å². The van der Waals surface area contributed by atoms with Crippen LogP contribution in [0.3, 0.4) is 0 Å². The molecular weight excluding hydrogens is 398 g/mol. The van der Waals surface area contributed by atoms with Crippen LogP contribution in [0.1, 0.15) is 46.9 Å². The quantitative estimate of drug-likeness (QED) is 0.366. The number of H-pyrrole nitrogens is 2. The lowest BCUT2D eigenvalue weighted by Gasteiger charge is -2.16. The first-order valence-corrected chi connectivity index (χ1v) is 10.2. The van der Waals surface area contributed by atoms with Gasteiger partial charge in [0.1, 0.15) is 11.3 Å². The minimum absolute atomic E-state index is 0.0683. The summed E-state index contributed by atoms with van der Waals surface area (Å²) in [7, 11) is 0. The van der Waals surface area contributed by atoms with Crippen molar-refractivity contribution >= 4 is 34.7 Å². The summed E-state index contributed by atoms with van der Waals surface area (Å²) in [6, 6.07) is 7.75. The fourth-order valence-electron chi connectivity index (χ4n) is 4.47. The molecule has 150 valence electrons. The Bertz CT molecular complexity index is 1340. The molecule has 3 aromatic heterocycles. The van der Waals surface area contributed by atoms with E-state index in [9.17, 15) is 9.90 Å². The molecule has 0 fully saturated rings. The summed E-state index contributed by atoms with van der Waals surface area (Å²) in [5.41, 5.74) is 7.17. The molecule has 0 saturated carbocycles. The van der Waals surface area contributed by atoms with Crippen LogP contribution in [0, 0.1) is 0 Å². The zero-order valence-electron chi connectivity index (χ0n) is 16.6. The number of benzene rings is 1. The highest BCUT2D eigenvalue weighted by Gasteiger charge is 2.29. The van der Waals surface area contributed by atoms with Gasteiger partial charge in [-0.2, -0.15) is 0 Å². The van der Waals surface area contributed by atoms with Gasteiger partial charge in [-0.15, -0.1) is 0 Å². The van der Waals surface area contributed by atoms with Crippen LogP contribution in [0.25, 0.3) is 39.5 Å². The SMILES string of the molecule is CC(C)c1c(-c2ccnc3[nH]ccc23)[nH]c(C(=O)O)c1-c1c(Cl)ccc2c1C=CC2. The van der Waals surface area contributed by atoms with Gasteiger partial charge in [-0.05, 0) is 47.2 Å². The number of nitrogens with zero attached hydrogens (tertiary/aromatic N) is 1. The number of aromatic carboxylic acids is 1. The fourth-order valence-corrected chi connectivity index (χ4v) is 4.72. The van der Waals surface area contributed by atoms with E-state index in [2.05, 4.69) is 34.9 Å². The number of carboxylic acid groups (broad SMARTS) is 1.